The van der Waals surface area contributed by atoms with Gasteiger partial charge in [0.15, 0.2) is 0 Å². The normalized spacial score (nSPS) is 16.5. The minimum absolute atomic E-state index is 0.0166. The first-order valence-corrected chi connectivity index (χ1v) is 6.60. The number of carbonyl (C=O) groups excluding carboxylic acids is 1. The SMILES string of the molecule is CC(=O)NC1CCN(c2ccc(F)cc2CN)CC1. The zero-order valence-electron chi connectivity index (χ0n) is 11.2. The minimum atomic E-state index is -0.252. The number of nitrogens with one attached hydrogen (secondary N) is 1. The maximum Gasteiger partial charge on any atom is 0.217 e. The lowest BCUT2D eigenvalue weighted by Crippen LogP contribution is -2.44. The first-order valence-electron chi connectivity index (χ1n) is 6.60. The second-order valence-electron chi connectivity index (χ2n) is 4.94. The van der Waals surface area contributed by atoms with E-state index in [0.717, 1.165) is 37.2 Å². The van der Waals surface area contributed by atoms with Gasteiger partial charge in [0.25, 0.3) is 0 Å². The number of hydrogen-bond donors (Lipinski definition) is 2. The zero-order valence-corrected chi connectivity index (χ0v) is 11.2. The molecule has 1 fully saturated rings. The van der Waals surface area contributed by atoms with Crippen LogP contribution in [0.5, 0.6) is 0 Å². The third-order valence-electron chi connectivity index (χ3n) is 3.50. The van der Waals surface area contributed by atoms with Crippen molar-refractivity contribution in [2.45, 2.75) is 32.4 Å². The van der Waals surface area contributed by atoms with Gasteiger partial charge >= 0.3 is 0 Å². The van der Waals surface area contributed by atoms with Gasteiger partial charge in [0.2, 0.25) is 5.91 Å². The molecule has 0 aromatic heterocycles. The van der Waals surface area contributed by atoms with Crippen LogP contribution < -0.4 is 16.0 Å². The van der Waals surface area contributed by atoms with Crippen LogP contribution in [0.1, 0.15) is 25.3 Å². The molecular weight excluding hydrogens is 245 g/mol. The maximum absolute atomic E-state index is 13.2. The number of rotatable bonds is 3. The summed E-state index contributed by atoms with van der Waals surface area (Å²) in [6.45, 7) is 3.57. The lowest BCUT2D eigenvalue weighted by Gasteiger charge is -2.34. The lowest BCUT2D eigenvalue weighted by atomic mass is 10.0. The first kappa shape index (κ1) is 13.8. The van der Waals surface area contributed by atoms with Crippen LogP contribution >= 0.6 is 0 Å². The Morgan fingerprint density at radius 1 is 1.47 bits per heavy atom. The number of nitrogens with two attached hydrogens (primary N) is 1. The number of benzene rings is 1. The summed E-state index contributed by atoms with van der Waals surface area (Å²) in [5.41, 5.74) is 7.51. The molecule has 0 saturated carbocycles. The quantitative estimate of drug-likeness (QED) is 0.868. The van der Waals surface area contributed by atoms with Crippen molar-refractivity contribution in [1.29, 1.82) is 0 Å². The molecule has 0 spiro atoms. The van der Waals surface area contributed by atoms with Gasteiger partial charge < -0.3 is 16.0 Å². The van der Waals surface area contributed by atoms with Crippen molar-refractivity contribution < 1.29 is 9.18 Å². The highest BCUT2D eigenvalue weighted by atomic mass is 19.1. The molecule has 1 saturated heterocycles. The molecule has 2 rings (SSSR count). The van der Waals surface area contributed by atoms with Crippen molar-refractivity contribution in [2.24, 2.45) is 5.73 Å². The number of piperidine rings is 1. The van der Waals surface area contributed by atoms with E-state index in [1.165, 1.54) is 12.1 Å². The van der Waals surface area contributed by atoms with Crippen LogP contribution in [0, 0.1) is 5.82 Å². The number of carbonyl (C=O) groups is 1. The largest absolute Gasteiger partial charge is 0.371 e. The molecule has 104 valence electrons. The average Bonchev–Trinajstić information content (AvgIpc) is 2.39. The van der Waals surface area contributed by atoms with Crippen molar-refractivity contribution in [3.8, 4) is 0 Å². The van der Waals surface area contributed by atoms with Crippen molar-refractivity contribution in [3.05, 3.63) is 29.6 Å². The first-order chi connectivity index (χ1) is 9.10. The number of amides is 1. The van der Waals surface area contributed by atoms with Gasteiger partial charge in [-0.05, 0) is 36.6 Å². The molecular formula is C14H20FN3O. The van der Waals surface area contributed by atoms with Crippen LogP contribution in [0.4, 0.5) is 10.1 Å². The maximum atomic E-state index is 13.2. The molecule has 0 bridgehead atoms. The summed E-state index contributed by atoms with van der Waals surface area (Å²) in [4.78, 5) is 13.2. The molecule has 1 aromatic carbocycles. The average molecular weight is 265 g/mol. The highest BCUT2D eigenvalue weighted by Crippen LogP contribution is 2.24. The lowest BCUT2D eigenvalue weighted by molar-refractivity contribution is -0.119. The van der Waals surface area contributed by atoms with Gasteiger partial charge in [0, 0.05) is 38.3 Å². The van der Waals surface area contributed by atoms with E-state index in [-0.39, 0.29) is 17.8 Å². The fourth-order valence-electron chi connectivity index (χ4n) is 2.58. The Bertz CT molecular complexity index is 456. The van der Waals surface area contributed by atoms with Crippen LogP contribution in [0.25, 0.3) is 0 Å². The molecule has 19 heavy (non-hydrogen) atoms. The molecule has 0 atom stereocenters. The molecule has 5 heteroatoms. The predicted octanol–water partition coefficient (Wildman–Crippen LogP) is 1.39. The Kier molecular flexibility index (Phi) is 4.37. The number of anilines is 1. The van der Waals surface area contributed by atoms with E-state index in [4.69, 9.17) is 5.73 Å². The Hall–Kier alpha value is -1.62. The molecule has 4 nitrogen and oxygen atoms in total. The van der Waals surface area contributed by atoms with E-state index in [0.29, 0.717) is 6.54 Å². The van der Waals surface area contributed by atoms with E-state index in [1.807, 2.05) is 0 Å². The van der Waals surface area contributed by atoms with E-state index in [1.54, 1.807) is 13.0 Å². The van der Waals surface area contributed by atoms with Crippen LogP contribution in [0.2, 0.25) is 0 Å². The Balaban J connectivity index is 2.03. The summed E-state index contributed by atoms with van der Waals surface area (Å²) in [5.74, 6) is -0.236. The van der Waals surface area contributed by atoms with Crippen molar-refractivity contribution in [1.82, 2.24) is 5.32 Å². The summed E-state index contributed by atoms with van der Waals surface area (Å²) in [5, 5.41) is 2.94. The zero-order chi connectivity index (χ0) is 13.8. The van der Waals surface area contributed by atoms with Gasteiger partial charge in [-0.1, -0.05) is 0 Å². The monoisotopic (exact) mass is 265 g/mol. The van der Waals surface area contributed by atoms with E-state index < -0.39 is 0 Å². The molecule has 0 unspecified atom stereocenters. The highest BCUT2D eigenvalue weighted by Gasteiger charge is 2.21. The third-order valence-corrected chi connectivity index (χ3v) is 3.50. The summed E-state index contributed by atoms with van der Waals surface area (Å²) in [6, 6.07) is 5.00. The highest BCUT2D eigenvalue weighted by molar-refractivity contribution is 5.73. The number of nitrogens with zero attached hydrogens (tertiary/aromatic N) is 1. The van der Waals surface area contributed by atoms with Gasteiger partial charge in [-0.15, -0.1) is 0 Å². The second kappa shape index (κ2) is 6.02. The fraction of sp³-hybridized carbons (Fsp3) is 0.500. The van der Waals surface area contributed by atoms with Gasteiger partial charge in [-0.25, -0.2) is 4.39 Å². The Labute approximate surface area is 112 Å². The summed E-state index contributed by atoms with van der Waals surface area (Å²) in [7, 11) is 0. The van der Waals surface area contributed by atoms with E-state index >= 15 is 0 Å². The molecule has 1 heterocycles. The van der Waals surface area contributed by atoms with Gasteiger partial charge in [-0.3, -0.25) is 4.79 Å². The smallest absolute Gasteiger partial charge is 0.217 e. The molecule has 0 aliphatic carbocycles. The number of halogens is 1. The van der Waals surface area contributed by atoms with Crippen molar-refractivity contribution >= 4 is 11.6 Å². The van der Waals surface area contributed by atoms with Gasteiger partial charge in [0.1, 0.15) is 5.82 Å². The molecule has 1 aromatic rings. The molecule has 1 aliphatic rings. The standard InChI is InChI=1S/C14H20FN3O/c1-10(19)17-13-4-6-18(7-5-13)14-3-2-12(15)8-11(14)9-16/h2-3,8,13H,4-7,9,16H2,1H3,(H,17,19). The second-order valence-corrected chi connectivity index (χ2v) is 4.94. The van der Waals surface area contributed by atoms with Crippen LogP contribution in [-0.2, 0) is 11.3 Å². The van der Waals surface area contributed by atoms with Crippen LogP contribution in [0.15, 0.2) is 18.2 Å². The summed E-state index contributed by atoms with van der Waals surface area (Å²) in [6.07, 6.45) is 1.81. The van der Waals surface area contributed by atoms with Crippen molar-refractivity contribution in [3.63, 3.8) is 0 Å². The van der Waals surface area contributed by atoms with Crippen LogP contribution in [-0.4, -0.2) is 25.0 Å². The van der Waals surface area contributed by atoms with E-state index in [2.05, 4.69) is 10.2 Å². The number of hydrogen-bond acceptors (Lipinski definition) is 3. The minimum Gasteiger partial charge on any atom is -0.371 e. The van der Waals surface area contributed by atoms with Gasteiger partial charge in [0.05, 0.1) is 0 Å². The summed E-state index contributed by atoms with van der Waals surface area (Å²) < 4.78 is 13.2. The predicted molar refractivity (Wildman–Crippen MR) is 73.3 cm³/mol. The van der Waals surface area contributed by atoms with Gasteiger partial charge in [-0.2, -0.15) is 0 Å². The van der Waals surface area contributed by atoms with Crippen molar-refractivity contribution in [2.75, 3.05) is 18.0 Å². The Morgan fingerprint density at radius 3 is 2.74 bits per heavy atom. The molecule has 1 aliphatic heterocycles. The fourth-order valence-corrected chi connectivity index (χ4v) is 2.58. The summed E-state index contributed by atoms with van der Waals surface area (Å²) >= 11 is 0. The van der Waals surface area contributed by atoms with E-state index in [9.17, 15) is 9.18 Å². The third kappa shape index (κ3) is 3.44. The van der Waals surface area contributed by atoms with Crippen LogP contribution in [0.3, 0.4) is 0 Å². The molecule has 0 radical (unpaired) electrons. The Morgan fingerprint density at radius 2 is 2.16 bits per heavy atom. The molecule has 1 amide bonds. The molecule has 3 N–H and O–H groups in total. The topological polar surface area (TPSA) is 58.4 Å².